The third-order valence-electron chi connectivity index (χ3n) is 4.57. The van der Waals surface area contributed by atoms with Gasteiger partial charge in [-0.1, -0.05) is 30.3 Å². The first-order valence-corrected chi connectivity index (χ1v) is 8.11. The van der Waals surface area contributed by atoms with Gasteiger partial charge in [0.15, 0.2) is 0 Å². The average molecular weight is 327 g/mol. The van der Waals surface area contributed by atoms with E-state index in [1.165, 1.54) is 0 Å². The highest BCUT2D eigenvalue weighted by Gasteiger charge is 2.41. The van der Waals surface area contributed by atoms with Crippen LogP contribution in [-0.4, -0.2) is 38.2 Å². The molecule has 2 aromatic rings. The topological polar surface area (TPSA) is 75.4 Å². The molecular formula is C18H21N3O3. The van der Waals surface area contributed by atoms with E-state index in [1.54, 1.807) is 29.0 Å². The van der Waals surface area contributed by atoms with Gasteiger partial charge in [0.2, 0.25) is 5.91 Å². The standard InChI is InChI=1S/C18H21N3O3/c1-20-12-14(11-19-20)17-15(18(23)24)7-8-16(22)21(17)10-9-13-5-3-2-4-6-13/h2-6,11-12,15,17H,7-10H2,1H3,(H,23,24)/t15-,17+/m0/s1. The van der Waals surface area contributed by atoms with E-state index in [0.717, 1.165) is 11.1 Å². The Hall–Kier alpha value is -2.63. The molecule has 1 aliphatic heterocycles. The number of aromatic nitrogens is 2. The summed E-state index contributed by atoms with van der Waals surface area (Å²) in [5.41, 5.74) is 1.92. The van der Waals surface area contributed by atoms with Crippen LogP contribution in [0.25, 0.3) is 0 Å². The summed E-state index contributed by atoms with van der Waals surface area (Å²) in [4.78, 5) is 25.9. The summed E-state index contributed by atoms with van der Waals surface area (Å²) < 4.78 is 1.64. The smallest absolute Gasteiger partial charge is 0.308 e. The quantitative estimate of drug-likeness (QED) is 0.912. The molecule has 1 saturated heterocycles. The lowest BCUT2D eigenvalue weighted by Crippen LogP contribution is -2.46. The van der Waals surface area contributed by atoms with E-state index in [0.29, 0.717) is 19.4 Å². The number of hydrogen-bond acceptors (Lipinski definition) is 3. The van der Waals surface area contributed by atoms with Gasteiger partial charge in [0, 0.05) is 31.8 Å². The van der Waals surface area contributed by atoms with E-state index in [2.05, 4.69) is 5.10 Å². The van der Waals surface area contributed by atoms with E-state index in [-0.39, 0.29) is 12.3 Å². The highest BCUT2D eigenvalue weighted by molar-refractivity contribution is 5.81. The van der Waals surface area contributed by atoms with E-state index in [1.807, 2.05) is 30.3 Å². The maximum Gasteiger partial charge on any atom is 0.308 e. The molecule has 6 nitrogen and oxygen atoms in total. The van der Waals surface area contributed by atoms with Crippen molar-refractivity contribution in [1.29, 1.82) is 0 Å². The van der Waals surface area contributed by atoms with Gasteiger partial charge in [0.25, 0.3) is 0 Å². The summed E-state index contributed by atoms with van der Waals surface area (Å²) in [5.74, 6) is -1.44. The fraction of sp³-hybridized carbons (Fsp3) is 0.389. The number of likely N-dealkylation sites (tertiary alicyclic amines) is 1. The molecule has 2 atom stereocenters. The summed E-state index contributed by atoms with van der Waals surface area (Å²) in [6.07, 6.45) is 4.82. The monoisotopic (exact) mass is 327 g/mol. The third-order valence-corrected chi connectivity index (χ3v) is 4.57. The van der Waals surface area contributed by atoms with Crippen LogP contribution in [0.3, 0.4) is 0 Å². The molecule has 2 heterocycles. The molecule has 0 radical (unpaired) electrons. The van der Waals surface area contributed by atoms with Gasteiger partial charge in [-0.15, -0.1) is 0 Å². The van der Waals surface area contributed by atoms with E-state index in [9.17, 15) is 14.7 Å². The molecule has 0 saturated carbocycles. The van der Waals surface area contributed by atoms with Crippen molar-refractivity contribution in [3.8, 4) is 0 Å². The maximum absolute atomic E-state index is 12.5. The lowest BCUT2D eigenvalue weighted by atomic mass is 9.85. The van der Waals surface area contributed by atoms with Crippen molar-refractivity contribution in [3.63, 3.8) is 0 Å². The van der Waals surface area contributed by atoms with Crippen molar-refractivity contribution < 1.29 is 14.7 Å². The summed E-state index contributed by atoms with van der Waals surface area (Å²) in [6.45, 7) is 0.506. The number of carboxylic acids is 1. The van der Waals surface area contributed by atoms with Gasteiger partial charge < -0.3 is 10.0 Å². The number of carbonyl (C=O) groups excluding carboxylic acids is 1. The molecule has 0 spiro atoms. The second kappa shape index (κ2) is 6.86. The Balaban J connectivity index is 1.86. The fourth-order valence-corrected chi connectivity index (χ4v) is 3.37. The van der Waals surface area contributed by atoms with Crippen LogP contribution < -0.4 is 0 Å². The van der Waals surface area contributed by atoms with Crippen LogP contribution in [0.4, 0.5) is 0 Å². The first-order valence-electron chi connectivity index (χ1n) is 8.11. The fourth-order valence-electron chi connectivity index (χ4n) is 3.37. The lowest BCUT2D eigenvalue weighted by molar-refractivity contribution is -0.152. The first kappa shape index (κ1) is 16.2. The molecule has 0 bridgehead atoms. The van der Waals surface area contributed by atoms with Gasteiger partial charge in [0.05, 0.1) is 18.2 Å². The van der Waals surface area contributed by atoms with Crippen LogP contribution in [0, 0.1) is 5.92 Å². The van der Waals surface area contributed by atoms with E-state index in [4.69, 9.17) is 0 Å². The summed E-state index contributed by atoms with van der Waals surface area (Å²) in [5, 5.41) is 13.8. The largest absolute Gasteiger partial charge is 0.481 e. The second-order valence-electron chi connectivity index (χ2n) is 6.20. The molecule has 1 fully saturated rings. The molecule has 1 aromatic carbocycles. The van der Waals surface area contributed by atoms with Crippen molar-refractivity contribution in [2.24, 2.45) is 13.0 Å². The molecule has 0 unspecified atom stereocenters. The van der Waals surface area contributed by atoms with E-state index >= 15 is 0 Å². The van der Waals surface area contributed by atoms with Crippen LogP contribution in [0.1, 0.15) is 30.0 Å². The van der Waals surface area contributed by atoms with Crippen LogP contribution in [0.2, 0.25) is 0 Å². The minimum atomic E-state index is -0.860. The zero-order valence-corrected chi connectivity index (χ0v) is 13.6. The predicted molar refractivity (Wildman–Crippen MR) is 88.2 cm³/mol. The third kappa shape index (κ3) is 3.32. The molecule has 6 heteroatoms. The molecule has 0 aliphatic carbocycles. The van der Waals surface area contributed by atoms with Crippen molar-refractivity contribution in [1.82, 2.24) is 14.7 Å². The van der Waals surface area contributed by atoms with Gasteiger partial charge in [-0.25, -0.2) is 0 Å². The average Bonchev–Trinajstić information content (AvgIpc) is 3.00. The number of amides is 1. The van der Waals surface area contributed by atoms with Gasteiger partial charge in [-0.3, -0.25) is 14.3 Å². The molecule has 1 amide bonds. The van der Waals surface area contributed by atoms with E-state index < -0.39 is 17.9 Å². The molecule has 24 heavy (non-hydrogen) atoms. The van der Waals surface area contributed by atoms with Crippen molar-refractivity contribution in [3.05, 3.63) is 53.9 Å². The molecular weight excluding hydrogens is 306 g/mol. The molecule has 126 valence electrons. The SMILES string of the molecule is Cn1cc([C@@H]2[C@@H](C(=O)O)CCC(=O)N2CCc2ccccc2)cn1. The first-order chi connectivity index (χ1) is 11.6. The number of benzene rings is 1. The highest BCUT2D eigenvalue weighted by atomic mass is 16.4. The Morgan fingerprint density at radius 2 is 2.08 bits per heavy atom. The number of nitrogens with zero attached hydrogens (tertiary/aromatic N) is 3. The summed E-state index contributed by atoms with van der Waals surface area (Å²) in [6, 6.07) is 9.46. The maximum atomic E-state index is 12.5. The Bertz CT molecular complexity index is 726. The zero-order chi connectivity index (χ0) is 17.1. The molecule has 1 aromatic heterocycles. The molecule has 1 N–H and O–H groups in total. The Morgan fingerprint density at radius 3 is 2.71 bits per heavy atom. The number of aliphatic carboxylic acids is 1. The van der Waals surface area contributed by atoms with Crippen LogP contribution >= 0.6 is 0 Å². The van der Waals surface area contributed by atoms with Gasteiger partial charge in [-0.05, 0) is 18.4 Å². The van der Waals surface area contributed by atoms with Gasteiger partial charge in [0.1, 0.15) is 0 Å². The van der Waals surface area contributed by atoms with Crippen LogP contribution in [-0.2, 0) is 23.1 Å². The Labute approximate surface area is 140 Å². The van der Waals surface area contributed by atoms with Crippen LogP contribution in [0.15, 0.2) is 42.7 Å². The molecule has 3 rings (SSSR count). The Morgan fingerprint density at radius 1 is 1.33 bits per heavy atom. The zero-order valence-electron chi connectivity index (χ0n) is 13.6. The number of rotatable bonds is 5. The number of carboxylic acid groups (broad SMARTS) is 1. The van der Waals surface area contributed by atoms with Crippen molar-refractivity contribution in [2.75, 3.05) is 6.54 Å². The van der Waals surface area contributed by atoms with Gasteiger partial charge >= 0.3 is 5.97 Å². The Kier molecular flexibility index (Phi) is 4.64. The van der Waals surface area contributed by atoms with Crippen LogP contribution in [0.5, 0.6) is 0 Å². The minimum Gasteiger partial charge on any atom is -0.481 e. The highest BCUT2D eigenvalue weighted by Crippen LogP contribution is 2.36. The molecule has 1 aliphatic rings. The number of aryl methyl sites for hydroxylation is 1. The number of piperidine rings is 1. The van der Waals surface area contributed by atoms with Crippen molar-refractivity contribution in [2.45, 2.75) is 25.3 Å². The predicted octanol–water partition coefficient (Wildman–Crippen LogP) is 2.03. The van der Waals surface area contributed by atoms with Crippen molar-refractivity contribution >= 4 is 11.9 Å². The lowest BCUT2D eigenvalue weighted by Gasteiger charge is -2.39. The summed E-state index contributed by atoms with van der Waals surface area (Å²) in [7, 11) is 1.79. The number of carbonyl (C=O) groups is 2. The number of hydrogen-bond donors (Lipinski definition) is 1. The minimum absolute atomic E-state index is 0.0114. The normalized spacial score (nSPS) is 21.0. The van der Waals surface area contributed by atoms with Gasteiger partial charge in [-0.2, -0.15) is 5.10 Å². The second-order valence-corrected chi connectivity index (χ2v) is 6.20. The summed E-state index contributed by atoms with van der Waals surface area (Å²) >= 11 is 0.